The number of pyridine rings is 1. The third-order valence-corrected chi connectivity index (χ3v) is 11.5. The van der Waals surface area contributed by atoms with Crippen molar-refractivity contribution >= 4 is 28.5 Å². The van der Waals surface area contributed by atoms with E-state index < -0.39 is 5.91 Å². The van der Waals surface area contributed by atoms with E-state index in [0.29, 0.717) is 43.9 Å². The van der Waals surface area contributed by atoms with Crippen molar-refractivity contribution in [3.63, 3.8) is 0 Å². The van der Waals surface area contributed by atoms with Crippen LogP contribution in [0, 0.1) is 6.92 Å². The van der Waals surface area contributed by atoms with Crippen LogP contribution in [0.3, 0.4) is 0 Å². The minimum absolute atomic E-state index is 0.201. The summed E-state index contributed by atoms with van der Waals surface area (Å²) in [7, 11) is 3.89. The molecule has 0 bridgehead atoms. The SMILES string of the molecule is CCc1nc2c(cnn2CC)c(NC2CCOCC2)c1CN(Cc1ccc(OC)c(-c2cccc(CN3CCCN(C)CC3)c2)c1)C(=O)c1cc(C)cc(C(N)=O)c1. The Hall–Kier alpha value is -5.30. The maximum atomic E-state index is 14.9. The van der Waals surface area contributed by atoms with Crippen LogP contribution in [0.5, 0.6) is 5.75 Å². The molecular formula is C46H58N8O4. The summed E-state index contributed by atoms with van der Waals surface area (Å²) in [6, 6.07) is 20.2. The molecule has 0 radical (unpaired) electrons. The average molecular weight is 787 g/mol. The lowest BCUT2D eigenvalue weighted by atomic mass is 9.98. The van der Waals surface area contributed by atoms with Crippen LogP contribution in [0.15, 0.2) is 66.9 Å². The standard InChI is InChI=1S/C46H58N8O4/c1-6-41-40(43(49-37-14-20-58-21-15-37)39-27-48-54(7-2)45(39)50-41)30-53(46(56)36-23-31(3)22-35(26-36)44(47)55)29-33-12-13-42(57-5)38(25-33)34-11-8-10-32(24-34)28-52-17-9-16-51(4)18-19-52/h8,10-13,22-27,37H,6-7,9,14-21,28-30H2,1-5H3,(H2,47,55)(H,49,50). The molecule has 4 heterocycles. The predicted molar refractivity (Wildman–Crippen MR) is 229 cm³/mol. The number of nitrogens with zero attached hydrogens (tertiary/aromatic N) is 6. The van der Waals surface area contributed by atoms with Gasteiger partial charge in [0.1, 0.15) is 5.75 Å². The van der Waals surface area contributed by atoms with Crippen LogP contribution in [-0.4, -0.2) is 101 Å². The van der Waals surface area contributed by atoms with Gasteiger partial charge >= 0.3 is 0 Å². The number of benzene rings is 3. The smallest absolute Gasteiger partial charge is 0.254 e. The molecule has 12 nitrogen and oxygen atoms in total. The summed E-state index contributed by atoms with van der Waals surface area (Å²) in [5.41, 5.74) is 15.1. The highest BCUT2D eigenvalue weighted by Gasteiger charge is 2.26. The number of hydrogen-bond donors (Lipinski definition) is 2. The second-order valence-corrected chi connectivity index (χ2v) is 15.8. The molecule has 58 heavy (non-hydrogen) atoms. The van der Waals surface area contributed by atoms with Gasteiger partial charge in [-0.1, -0.05) is 31.2 Å². The number of likely N-dealkylation sites (N-methyl/N-ethyl adjacent to an activating group) is 1. The second-order valence-electron chi connectivity index (χ2n) is 15.8. The molecule has 2 aliphatic rings. The summed E-state index contributed by atoms with van der Waals surface area (Å²) >= 11 is 0. The molecular weight excluding hydrogens is 729 g/mol. The van der Waals surface area contributed by atoms with Crippen LogP contribution in [0.2, 0.25) is 0 Å². The number of nitrogens with two attached hydrogens (primary N) is 1. The lowest BCUT2D eigenvalue weighted by Crippen LogP contribution is -2.33. The Morgan fingerprint density at radius 2 is 1.78 bits per heavy atom. The number of hydrogen-bond acceptors (Lipinski definition) is 9. The van der Waals surface area contributed by atoms with E-state index in [1.54, 1.807) is 19.2 Å². The minimum Gasteiger partial charge on any atom is -0.496 e. The predicted octanol–water partition coefficient (Wildman–Crippen LogP) is 6.67. The Balaban J connectivity index is 1.29. The molecule has 306 valence electrons. The highest BCUT2D eigenvalue weighted by Crippen LogP contribution is 2.35. The van der Waals surface area contributed by atoms with Gasteiger partial charge in [-0.05, 0) is 118 Å². The zero-order chi connectivity index (χ0) is 40.8. The molecule has 2 saturated heterocycles. The fourth-order valence-corrected chi connectivity index (χ4v) is 8.36. The van der Waals surface area contributed by atoms with E-state index in [1.807, 2.05) is 40.9 Å². The van der Waals surface area contributed by atoms with Crippen molar-refractivity contribution in [2.75, 3.05) is 58.9 Å². The number of ether oxygens (including phenoxy) is 2. The number of carbonyl (C=O) groups excluding carboxylic acids is 2. The van der Waals surface area contributed by atoms with Crippen molar-refractivity contribution in [1.29, 1.82) is 0 Å². The van der Waals surface area contributed by atoms with E-state index in [-0.39, 0.29) is 18.5 Å². The first-order chi connectivity index (χ1) is 28.1. The Bertz CT molecular complexity index is 2250. The number of rotatable bonds is 14. The number of amides is 2. The minimum atomic E-state index is -0.576. The summed E-state index contributed by atoms with van der Waals surface area (Å²) < 4.78 is 13.6. The van der Waals surface area contributed by atoms with Crippen LogP contribution in [-0.2, 0) is 37.3 Å². The first kappa shape index (κ1) is 40.9. The summed E-state index contributed by atoms with van der Waals surface area (Å²) in [6.07, 6.45) is 5.46. The van der Waals surface area contributed by atoms with Gasteiger partial charge in [0.25, 0.3) is 5.91 Å². The quantitative estimate of drug-likeness (QED) is 0.127. The zero-order valence-electron chi connectivity index (χ0n) is 34.7. The number of nitrogens with one attached hydrogen (secondary N) is 1. The molecule has 0 saturated carbocycles. The molecule has 2 aliphatic heterocycles. The van der Waals surface area contributed by atoms with Crippen LogP contribution < -0.4 is 15.8 Å². The Morgan fingerprint density at radius 1 is 0.966 bits per heavy atom. The van der Waals surface area contributed by atoms with Crippen molar-refractivity contribution < 1.29 is 19.1 Å². The summed E-state index contributed by atoms with van der Waals surface area (Å²) in [5, 5.41) is 9.50. The van der Waals surface area contributed by atoms with E-state index in [2.05, 4.69) is 66.3 Å². The van der Waals surface area contributed by atoms with Gasteiger partial charge in [0, 0.05) is 79.9 Å². The van der Waals surface area contributed by atoms with Gasteiger partial charge in [0.05, 0.1) is 30.9 Å². The van der Waals surface area contributed by atoms with Crippen molar-refractivity contribution in [1.82, 2.24) is 29.5 Å². The van der Waals surface area contributed by atoms with E-state index in [0.717, 1.165) is 108 Å². The molecule has 7 rings (SSSR count). The monoisotopic (exact) mass is 786 g/mol. The number of aryl methyl sites for hydroxylation is 3. The number of methoxy groups -OCH3 is 1. The van der Waals surface area contributed by atoms with Gasteiger partial charge in [0.2, 0.25) is 5.91 Å². The number of anilines is 1. The fraction of sp³-hybridized carbons (Fsp3) is 0.435. The van der Waals surface area contributed by atoms with E-state index in [9.17, 15) is 9.59 Å². The average Bonchev–Trinajstić information content (AvgIpc) is 3.54. The number of fused-ring (bicyclic) bond motifs is 1. The van der Waals surface area contributed by atoms with Crippen LogP contribution in [0.1, 0.15) is 81.8 Å². The molecule has 0 spiro atoms. The second kappa shape index (κ2) is 18.5. The van der Waals surface area contributed by atoms with E-state index in [1.165, 1.54) is 5.56 Å². The normalized spacial score (nSPS) is 15.7. The molecule has 0 atom stereocenters. The van der Waals surface area contributed by atoms with Crippen LogP contribution in [0.4, 0.5) is 5.69 Å². The fourth-order valence-electron chi connectivity index (χ4n) is 8.36. The molecule has 5 aromatic rings. The number of carbonyl (C=O) groups is 2. The molecule has 3 aromatic carbocycles. The molecule has 12 heteroatoms. The lowest BCUT2D eigenvalue weighted by Gasteiger charge is -2.29. The Morgan fingerprint density at radius 3 is 2.53 bits per heavy atom. The molecule has 3 N–H and O–H groups in total. The van der Waals surface area contributed by atoms with E-state index in [4.69, 9.17) is 25.3 Å². The van der Waals surface area contributed by atoms with Gasteiger partial charge in [-0.2, -0.15) is 5.10 Å². The van der Waals surface area contributed by atoms with Gasteiger partial charge < -0.3 is 30.3 Å². The first-order valence-electron chi connectivity index (χ1n) is 20.7. The first-order valence-corrected chi connectivity index (χ1v) is 20.7. The molecule has 2 amide bonds. The third-order valence-electron chi connectivity index (χ3n) is 11.5. The van der Waals surface area contributed by atoms with Crippen molar-refractivity contribution in [3.8, 4) is 16.9 Å². The van der Waals surface area contributed by atoms with Crippen molar-refractivity contribution in [3.05, 3.63) is 106 Å². The molecule has 2 aromatic heterocycles. The number of primary amides is 1. The van der Waals surface area contributed by atoms with Gasteiger partial charge in [-0.15, -0.1) is 0 Å². The molecule has 0 aliphatic carbocycles. The lowest BCUT2D eigenvalue weighted by molar-refractivity contribution is 0.0729. The zero-order valence-corrected chi connectivity index (χ0v) is 34.7. The van der Waals surface area contributed by atoms with Crippen LogP contribution >= 0.6 is 0 Å². The number of aromatic nitrogens is 3. The third kappa shape index (κ3) is 9.36. The van der Waals surface area contributed by atoms with Gasteiger partial charge in [-0.25, -0.2) is 9.67 Å². The highest BCUT2D eigenvalue weighted by molar-refractivity contribution is 6.00. The van der Waals surface area contributed by atoms with Crippen molar-refractivity contribution in [2.24, 2.45) is 5.73 Å². The maximum Gasteiger partial charge on any atom is 0.254 e. The summed E-state index contributed by atoms with van der Waals surface area (Å²) in [5.74, 6) is -0.0239. The summed E-state index contributed by atoms with van der Waals surface area (Å²) in [4.78, 5) is 39.3. The molecule has 0 unspecified atom stereocenters. The maximum absolute atomic E-state index is 14.9. The van der Waals surface area contributed by atoms with Crippen molar-refractivity contribution in [2.45, 2.75) is 78.7 Å². The molecule has 2 fully saturated rings. The highest BCUT2D eigenvalue weighted by atomic mass is 16.5. The van der Waals surface area contributed by atoms with Gasteiger partial charge in [-0.3, -0.25) is 14.5 Å². The Kier molecular flexibility index (Phi) is 13.1. The summed E-state index contributed by atoms with van der Waals surface area (Å²) in [6.45, 7) is 13.9. The van der Waals surface area contributed by atoms with E-state index >= 15 is 0 Å². The van der Waals surface area contributed by atoms with Crippen LogP contribution in [0.25, 0.3) is 22.2 Å². The largest absolute Gasteiger partial charge is 0.496 e. The Labute approximate surface area is 342 Å². The topological polar surface area (TPSA) is 131 Å². The van der Waals surface area contributed by atoms with Gasteiger partial charge in [0.15, 0.2) is 5.65 Å².